The number of carbonyl (C=O) groups is 1. The molecule has 1 atom stereocenters. The SMILES string of the molecule is O=C(NC(CF)Cc1ccc(-c2ccc(CN3CCC4(CCNCC4)CC3)nc2)cc1)C(F)F. The summed E-state index contributed by atoms with van der Waals surface area (Å²) in [4.78, 5) is 18.3. The number of nitrogens with one attached hydrogen (secondary N) is 2. The van der Waals surface area contributed by atoms with Gasteiger partial charge in [-0.25, -0.2) is 4.39 Å². The van der Waals surface area contributed by atoms with Crippen molar-refractivity contribution in [2.45, 2.75) is 51.1 Å². The molecule has 2 aliphatic heterocycles. The van der Waals surface area contributed by atoms with Gasteiger partial charge < -0.3 is 10.6 Å². The molecule has 0 radical (unpaired) electrons. The molecule has 1 unspecified atom stereocenters. The maximum Gasteiger partial charge on any atom is 0.315 e. The highest BCUT2D eigenvalue weighted by Gasteiger charge is 2.35. The number of nitrogens with zero attached hydrogens (tertiary/aromatic N) is 2. The molecule has 34 heavy (non-hydrogen) atoms. The van der Waals surface area contributed by atoms with Crippen molar-refractivity contribution >= 4 is 5.91 Å². The molecule has 0 bridgehead atoms. The minimum atomic E-state index is -3.15. The Morgan fingerprint density at radius 2 is 1.71 bits per heavy atom. The highest BCUT2D eigenvalue weighted by atomic mass is 19.3. The molecule has 1 amide bonds. The van der Waals surface area contributed by atoms with Crippen molar-refractivity contribution in [1.29, 1.82) is 0 Å². The highest BCUT2D eigenvalue weighted by molar-refractivity contribution is 5.79. The molecule has 2 fully saturated rings. The van der Waals surface area contributed by atoms with E-state index in [-0.39, 0.29) is 6.42 Å². The number of aromatic nitrogens is 1. The van der Waals surface area contributed by atoms with Gasteiger partial charge in [0, 0.05) is 18.3 Å². The van der Waals surface area contributed by atoms with Gasteiger partial charge >= 0.3 is 6.43 Å². The Morgan fingerprint density at radius 3 is 2.29 bits per heavy atom. The third kappa shape index (κ3) is 6.36. The summed E-state index contributed by atoms with van der Waals surface area (Å²) in [5.74, 6) is -1.44. The van der Waals surface area contributed by atoms with Crippen LogP contribution in [-0.4, -0.2) is 61.1 Å². The number of carbonyl (C=O) groups excluding carboxylic acids is 1. The number of amides is 1. The minimum Gasteiger partial charge on any atom is -0.345 e. The highest BCUT2D eigenvalue weighted by Crippen LogP contribution is 2.39. The summed E-state index contributed by atoms with van der Waals surface area (Å²) in [5.41, 5.74) is 4.33. The molecule has 1 aromatic heterocycles. The van der Waals surface area contributed by atoms with Crippen molar-refractivity contribution in [2.75, 3.05) is 32.9 Å². The lowest BCUT2D eigenvalue weighted by Crippen LogP contribution is -2.45. The van der Waals surface area contributed by atoms with Crippen molar-refractivity contribution in [3.8, 4) is 11.1 Å². The number of hydrogen-bond acceptors (Lipinski definition) is 4. The van der Waals surface area contributed by atoms with Crippen LogP contribution in [-0.2, 0) is 17.8 Å². The number of piperidine rings is 2. The molecule has 0 aliphatic carbocycles. The maximum absolute atomic E-state index is 13.1. The van der Waals surface area contributed by atoms with E-state index in [1.54, 1.807) is 0 Å². The van der Waals surface area contributed by atoms with E-state index in [2.05, 4.69) is 27.3 Å². The quantitative estimate of drug-likeness (QED) is 0.608. The van der Waals surface area contributed by atoms with Crippen LogP contribution in [0.2, 0.25) is 0 Å². The summed E-state index contributed by atoms with van der Waals surface area (Å²) in [6, 6.07) is 10.6. The Balaban J connectivity index is 1.29. The average molecular weight is 475 g/mol. The van der Waals surface area contributed by atoms with E-state index in [9.17, 15) is 18.0 Å². The summed E-state index contributed by atoms with van der Waals surface area (Å²) in [6.45, 7) is 4.51. The summed E-state index contributed by atoms with van der Waals surface area (Å²) in [7, 11) is 0. The number of hydrogen-bond donors (Lipinski definition) is 2. The van der Waals surface area contributed by atoms with E-state index in [0.29, 0.717) is 5.41 Å². The second-order valence-corrected chi connectivity index (χ2v) is 9.63. The fraction of sp³-hybridized carbons (Fsp3) is 0.538. The lowest BCUT2D eigenvalue weighted by atomic mass is 9.71. The number of pyridine rings is 1. The maximum atomic E-state index is 13.1. The lowest BCUT2D eigenvalue weighted by molar-refractivity contribution is -0.132. The zero-order chi connectivity index (χ0) is 24.0. The van der Waals surface area contributed by atoms with Gasteiger partial charge in [-0.2, -0.15) is 8.78 Å². The van der Waals surface area contributed by atoms with Crippen LogP contribution in [0.4, 0.5) is 13.2 Å². The van der Waals surface area contributed by atoms with Crippen molar-refractivity contribution < 1.29 is 18.0 Å². The zero-order valence-electron chi connectivity index (χ0n) is 19.4. The first-order valence-electron chi connectivity index (χ1n) is 12.1. The van der Waals surface area contributed by atoms with Crippen LogP contribution in [0.1, 0.15) is 36.9 Å². The Kier molecular flexibility index (Phi) is 8.21. The lowest BCUT2D eigenvalue weighted by Gasteiger charge is -2.44. The molecule has 5 nitrogen and oxygen atoms in total. The molecule has 8 heteroatoms. The van der Waals surface area contributed by atoms with Gasteiger partial charge in [0.2, 0.25) is 0 Å². The molecule has 2 N–H and O–H groups in total. The van der Waals surface area contributed by atoms with Crippen LogP contribution in [0.15, 0.2) is 42.6 Å². The van der Waals surface area contributed by atoms with E-state index in [4.69, 9.17) is 0 Å². The van der Waals surface area contributed by atoms with Crippen molar-refractivity contribution in [1.82, 2.24) is 20.5 Å². The molecule has 184 valence electrons. The summed E-state index contributed by atoms with van der Waals surface area (Å²) in [6.07, 6.45) is 4.02. The first-order chi connectivity index (χ1) is 16.5. The normalized spacial score (nSPS) is 19.3. The van der Waals surface area contributed by atoms with E-state index >= 15 is 0 Å². The Bertz CT molecular complexity index is 920. The molecule has 2 aliphatic rings. The number of alkyl halides is 3. The summed E-state index contributed by atoms with van der Waals surface area (Å²) < 4.78 is 37.9. The molecule has 2 aromatic rings. The molecule has 0 saturated carbocycles. The van der Waals surface area contributed by atoms with E-state index in [0.717, 1.165) is 55.1 Å². The first-order valence-corrected chi connectivity index (χ1v) is 12.1. The van der Waals surface area contributed by atoms with E-state index < -0.39 is 25.0 Å². The molecular formula is C26H33F3N4O. The van der Waals surface area contributed by atoms with Crippen molar-refractivity contribution in [3.63, 3.8) is 0 Å². The number of benzene rings is 1. The molecule has 2 saturated heterocycles. The summed E-state index contributed by atoms with van der Waals surface area (Å²) >= 11 is 0. The smallest absolute Gasteiger partial charge is 0.315 e. The predicted molar refractivity (Wildman–Crippen MR) is 126 cm³/mol. The van der Waals surface area contributed by atoms with Gasteiger partial charge in [0.1, 0.15) is 6.67 Å². The van der Waals surface area contributed by atoms with Gasteiger partial charge in [-0.3, -0.25) is 14.7 Å². The predicted octanol–water partition coefficient (Wildman–Crippen LogP) is 3.98. The molecular weight excluding hydrogens is 441 g/mol. The molecule has 1 aromatic carbocycles. The number of halogens is 3. The van der Waals surface area contributed by atoms with Gasteiger partial charge in [-0.15, -0.1) is 0 Å². The van der Waals surface area contributed by atoms with Crippen LogP contribution in [0.3, 0.4) is 0 Å². The van der Waals surface area contributed by atoms with E-state index in [1.165, 1.54) is 25.7 Å². The fourth-order valence-electron chi connectivity index (χ4n) is 5.09. The third-order valence-electron chi connectivity index (χ3n) is 7.29. The molecule has 1 spiro atoms. The van der Waals surface area contributed by atoms with Crippen LogP contribution >= 0.6 is 0 Å². The topological polar surface area (TPSA) is 57.3 Å². The van der Waals surface area contributed by atoms with Gasteiger partial charge in [0.05, 0.1) is 11.7 Å². The Morgan fingerprint density at radius 1 is 1.03 bits per heavy atom. The van der Waals surface area contributed by atoms with Gasteiger partial charge in [-0.05, 0) is 80.9 Å². The van der Waals surface area contributed by atoms with Crippen molar-refractivity contribution in [2.24, 2.45) is 5.41 Å². The van der Waals surface area contributed by atoms with Gasteiger partial charge in [0.15, 0.2) is 0 Å². The standard InChI is InChI=1S/C26H33F3N4O/c27-16-23(32-25(34)24(28)29)15-19-1-3-20(4-2-19)21-5-6-22(31-17-21)18-33-13-9-26(10-14-33)7-11-30-12-8-26/h1-6,17,23-24,30H,7-16,18H2,(H,32,34). The fourth-order valence-corrected chi connectivity index (χ4v) is 5.09. The monoisotopic (exact) mass is 474 g/mol. The zero-order valence-corrected chi connectivity index (χ0v) is 19.4. The average Bonchev–Trinajstić information content (AvgIpc) is 2.86. The molecule has 3 heterocycles. The van der Waals surface area contributed by atoms with Gasteiger partial charge in [0.25, 0.3) is 5.91 Å². The third-order valence-corrected chi connectivity index (χ3v) is 7.29. The van der Waals surface area contributed by atoms with Crippen LogP contribution < -0.4 is 10.6 Å². The second kappa shape index (κ2) is 11.3. The van der Waals surface area contributed by atoms with Crippen LogP contribution in [0.5, 0.6) is 0 Å². The second-order valence-electron chi connectivity index (χ2n) is 9.63. The first kappa shape index (κ1) is 24.7. The summed E-state index contributed by atoms with van der Waals surface area (Å²) in [5, 5.41) is 5.51. The Hall–Kier alpha value is -2.45. The van der Waals surface area contributed by atoms with Crippen LogP contribution in [0, 0.1) is 5.41 Å². The Labute approximate surface area is 199 Å². The largest absolute Gasteiger partial charge is 0.345 e. The van der Waals surface area contributed by atoms with Gasteiger partial charge in [-0.1, -0.05) is 30.3 Å². The van der Waals surface area contributed by atoms with Crippen molar-refractivity contribution in [3.05, 3.63) is 53.9 Å². The number of likely N-dealkylation sites (tertiary alicyclic amines) is 1. The minimum absolute atomic E-state index is 0.153. The van der Waals surface area contributed by atoms with Crippen LogP contribution in [0.25, 0.3) is 11.1 Å². The van der Waals surface area contributed by atoms with E-state index in [1.807, 2.05) is 35.8 Å². The number of rotatable bonds is 8. The molecule has 4 rings (SSSR count).